The molecule has 1 aromatic rings. The molecule has 1 aromatic carbocycles. The number of aliphatic hydroxyl groups is 1. The van der Waals surface area contributed by atoms with Gasteiger partial charge in [-0.25, -0.2) is 0 Å². The molecule has 32 heavy (non-hydrogen) atoms. The van der Waals surface area contributed by atoms with Crippen LogP contribution in [0.15, 0.2) is 29.3 Å². The van der Waals surface area contributed by atoms with E-state index < -0.39 is 0 Å². The summed E-state index contributed by atoms with van der Waals surface area (Å²) >= 11 is 0. The van der Waals surface area contributed by atoms with E-state index in [1.165, 1.54) is 17.5 Å². The van der Waals surface area contributed by atoms with Gasteiger partial charge in [0.2, 0.25) is 0 Å². The molecule has 2 saturated heterocycles. The van der Waals surface area contributed by atoms with Gasteiger partial charge in [-0.2, -0.15) is 0 Å². The van der Waals surface area contributed by atoms with Gasteiger partial charge in [0.1, 0.15) is 0 Å². The van der Waals surface area contributed by atoms with Crippen molar-refractivity contribution in [1.82, 2.24) is 20.4 Å². The molecule has 0 spiro atoms. The molecule has 1 atom stereocenters. The lowest BCUT2D eigenvalue weighted by Gasteiger charge is -2.35. The summed E-state index contributed by atoms with van der Waals surface area (Å²) in [5, 5.41) is 16.7. The fourth-order valence-corrected chi connectivity index (χ4v) is 4.57. The minimum absolute atomic E-state index is 0.114. The highest BCUT2D eigenvalue weighted by Gasteiger charge is 2.22. The van der Waals surface area contributed by atoms with Gasteiger partial charge >= 0.3 is 0 Å². The van der Waals surface area contributed by atoms with Crippen LogP contribution in [-0.4, -0.2) is 86.0 Å². The smallest absolute Gasteiger partial charge is 0.191 e. The zero-order chi connectivity index (χ0) is 22.8. The van der Waals surface area contributed by atoms with Gasteiger partial charge < -0.3 is 20.5 Å². The van der Waals surface area contributed by atoms with Crippen LogP contribution in [0.1, 0.15) is 44.2 Å². The van der Waals surface area contributed by atoms with Gasteiger partial charge in [0, 0.05) is 58.9 Å². The van der Waals surface area contributed by atoms with Crippen molar-refractivity contribution in [1.29, 1.82) is 0 Å². The van der Waals surface area contributed by atoms with Crippen LogP contribution in [0, 0.1) is 5.92 Å². The Bertz CT molecular complexity index is 680. The Hall–Kier alpha value is -1.67. The third-order valence-corrected chi connectivity index (χ3v) is 6.48. The first-order valence-corrected chi connectivity index (χ1v) is 12.3. The quantitative estimate of drug-likeness (QED) is 0.399. The molecule has 1 unspecified atom stereocenters. The zero-order valence-corrected chi connectivity index (χ0v) is 20.2. The van der Waals surface area contributed by atoms with Crippen molar-refractivity contribution in [2.45, 2.75) is 58.3 Å². The fraction of sp³-hybridized carbons (Fsp3) is 0.720. The lowest BCUT2D eigenvalue weighted by molar-refractivity contribution is 0.0132. The van der Waals surface area contributed by atoms with Crippen LogP contribution in [-0.2, 0) is 17.8 Å². The van der Waals surface area contributed by atoms with Crippen LogP contribution in [0.5, 0.6) is 0 Å². The summed E-state index contributed by atoms with van der Waals surface area (Å²) in [5.74, 6) is 1.51. The van der Waals surface area contributed by atoms with E-state index in [1.54, 1.807) is 0 Å². The van der Waals surface area contributed by atoms with E-state index in [1.807, 2.05) is 7.05 Å². The number of ether oxygens (including phenoxy) is 1. The number of hydrogen-bond donors (Lipinski definition) is 3. The van der Waals surface area contributed by atoms with Crippen molar-refractivity contribution in [3.05, 3.63) is 35.4 Å². The number of nitrogens with one attached hydrogen (secondary N) is 2. The van der Waals surface area contributed by atoms with Crippen LogP contribution in [0.25, 0.3) is 0 Å². The van der Waals surface area contributed by atoms with Gasteiger partial charge in [-0.3, -0.25) is 14.8 Å². The first kappa shape index (κ1) is 25.0. The zero-order valence-electron chi connectivity index (χ0n) is 20.2. The van der Waals surface area contributed by atoms with E-state index in [9.17, 15) is 5.11 Å². The molecule has 0 bridgehead atoms. The Kier molecular flexibility index (Phi) is 10.2. The summed E-state index contributed by atoms with van der Waals surface area (Å²) in [4.78, 5) is 9.40. The average Bonchev–Trinajstić information content (AvgIpc) is 2.81. The molecule has 3 rings (SSSR count). The number of hydrogen-bond acceptors (Lipinski definition) is 5. The van der Waals surface area contributed by atoms with Crippen LogP contribution < -0.4 is 10.6 Å². The molecule has 3 N–H and O–H groups in total. The van der Waals surface area contributed by atoms with Gasteiger partial charge in [0.25, 0.3) is 0 Å². The normalized spacial score (nSPS) is 20.5. The number of nitrogens with zero attached hydrogens (tertiary/aromatic N) is 3. The molecule has 2 fully saturated rings. The van der Waals surface area contributed by atoms with E-state index >= 15 is 0 Å². The van der Waals surface area contributed by atoms with Crippen molar-refractivity contribution < 1.29 is 9.84 Å². The third-order valence-electron chi connectivity index (χ3n) is 6.48. The van der Waals surface area contributed by atoms with Crippen molar-refractivity contribution in [3.8, 4) is 0 Å². The second kappa shape index (κ2) is 13.1. The molecule has 180 valence electrons. The average molecular weight is 446 g/mol. The highest BCUT2D eigenvalue weighted by atomic mass is 16.5. The molecule has 0 amide bonds. The number of piperidine rings is 1. The van der Waals surface area contributed by atoms with Gasteiger partial charge in [-0.1, -0.05) is 38.1 Å². The minimum Gasteiger partial charge on any atom is -0.393 e. The SMILES string of the molecule is CN=C(NCc1ccc(CN2CCC(O)CC2)cc1)NCC(CC(C)C)N1CCOCC1. The van der Waals surface area contributed by atoms with Crippen molar-refractivity contribution >= 4 is 5.96 Å². The van der Waals surface area contributed by atoms with Crippen LogP contribution in [0.2, 0.25) is 0 Å². The van der Waals surface area contributed by atoms with E-state index in [-0.39, 0.29) is 6.10 Å². The molecule has 0 radical (unpaired) electrons. The fourth-order valence-electron chi connectivity index (χ4n) is 4.57. The highest BCUT2D eigenvalue weighted by molar-refractivity contribution is 5.79. The standard InChI is InChI=1S/C25H43N5O2/c1-20(2)16-23(30-12-14-32-15-13-30)18-28-25(26-3)27-17-21-4-6-22(7-5-21)19-29-10-8-24(31)9-11-29/h4-7,20,23-24,31H,8-19H2,1-3H3,(H2,26,27,28). The molecule has 2 aliphatic rings. The van der Waals surface area contributed by atoms with Crippen molar-refractivity contribution in [3.63, 3.8) is 0 Å². The summed E-state index contributed by atoms with van der Waals surface area (Å²) < 4.78 is 5.53. The Morgan fingerprint density at radius 1 is 1.06 bits per heavy atom. The van der Waals surface area contributed by atoms with E-state index in [0.29, 0.717) is 12.0 Å². The topological polar surface area (TPSA) is 72.4 Å². The third kappa shape index (κ3) is 8.35. The summed E-state index contributed by atoms with van der Waals surface area (Å²) in [6.07, 6.45) is 2.83. The number of aliphatic imine (C=N–C) groups is 1. The first-order chi connectivity index (χ1) is 15.5. The van der Waals surface area contributed by atoms with E-state index in [2.05, 4.69) is 63.5 Å². The predicted octanol–water partition coefficient (Wildman–Crippen LogP) is 2.06. The number of guanidine groups is 1. The first-order valence-electron chi connectivity index (χ1n) is 12.3. The number of rotatable bonds is 9. The van der Waals surface area contributed by atoms with Gasteiger partial charge in [0.05, 0.1) is 19.3 Å². The molecule has 2 heterocycles. The second-order valence-corrected chi connectivity index (χ2v) is 9.56. The maximum Gasteiger partial charge on any atom is 0.191 e. The highest BCUT2D eigenvalue weighted by Crippen LogP contribution is 2.15. The summed E-state index contributed by atoms with van der Waals surface area (Å²) in [7, 11) is 1.83. The van der Waals surface area contributed by atoms with Crippen LogP contribution >= 0.6 is 0 Å². The number of benzene rings is 1. The van der Waals surface area contributed by atoms with Crippen molar-refractivity contribution in [2.24, 2.45) is 10.9 Å². The maximum atomic E-state index is 9.67. The molecule has 7 heteroatoms. The molecule has 0 aromatic heterocycles. The molecule has 7 nitrogen and oxygen atoms in total. The van der Waals surface area contributed by atoms with Gasteiger partial charge in [-0.15, -0.1) is 0 Å². The summed E-state index contributed by atoms with van der Waals surface area (Å²) in [6.45, 7) is 12.8. The molecule has 0 aliphatic carbocycles. The lowest BCUT2D eigenvalue weighted by atomic mass is 10.0. The monoisotopic (exact) mass is 445 g/mol. The number of aliphatic hydroxyl groups excluding tert-OH is 1. The second-order valence-electron chi connectivity index (χ2n) is 9.56. The van der Waals surface area contributed by atoms with Crippen LogP contribution in [0.4, 0.5) is 0 Å². The van der Waals surface area contributed by atoms with E-state index in [4.69, 9.17) is 4.74 Å². The van der Waals surface area contributed by atoms with E-state index in [0.717, 1.165) is 77.8 Å². The van der Waals surface area contributed by atoms with Crippen LogP contribution in [0.3, 0.4) is 0 Å². The number of morpholine rings is 1. The van der Waals surface area contributed by atoms with Gasteiger partial charge in [0.15, 0.2) is 5.96 Å². The molecular formula is C25H43N5O2. The Labute approximate surface area is 194 Å². The van der Waals surface area contributed by atoms with Crippen molar-refractivity contribution in [2.75, 3.05) is 53.0 Å². The minimum atomic E-state index is -0.114. The predicted molar refractivity (Wildman–Crippen MR) is 131 cm³/mol. The largest absolute Gasteiger partial charge is 0.393 e. The Morgan fingerprint density at radius 3 is 2.34 bits per heavy atom. The lowest BCUT2D eigenvalue weighted by Crippen LogP contribution is -2.50. The molecular weight excluding hydrogens is 402 g/mol. The maximum absolute atomic E-state index is 9.67. The Morgan fingerprint density at radius 2 is 1.72 bits per heavy atom. The molecule has 2 aliphatic heterocycles. The summed E-state index contributed by atoms with van der Waals surface area (Å²) in [5.41, 5.74) is 2.58. The number of likely N-dealkylation sites (tertiary alicyclic amines) is 1. The Balaban J connectivity index is 1.43. The van der Waals surface area contributed by atoms with Gasteiger partial charge in [-0.05, 0) is 36.3 Å². The molecule has 0 saturated carbocycles. The summed E-state index contributed by atoms with van der Waals surface area (Å²) in [6, 6.07) is 9.32.